The Bertz CT molecular complexity index is 659. The van der Waals surface area contributed by atoms with Gasteiger partial charge in [0, 0.05) is 6.07 Å². The van der Waals surface area contributed by atoms with E-state index in [-0.39, 0.29) is 6.61 Å². The molecule has 0 saturated heterocycles. The molecule has 0 saturated carbocycles. The molecule has 0 aliphatic heterocycles. The molecule has 0 aromatic heterocycles. The summed E-state index contributed by atoms with van der Waals surface area (Å²) in [5, 5.41) is 8.68. The van der Waals surface area contributed by atoms with Gasteiger partial charge in [-0.1, -0.05) is 6.07 Å². The van der Waals surface area contributed by atoms with Crippen LogP contribution in [0.4, 0.5) is 0 Å². The molecule has 0 unspecified atom stereocenters. The van der Waals surface area contributed by atoms with Crippen molar-refractivity contribution in [2.24, 2.45) is 0 Å². The minimum Gasteiger partial charge on any atom is -0.497 e. The van der Waals surface area contributed by atoms with E-state index >= 15 is 0 Å². The summed E-state index contributed by atoms with van der Waals surface area (Å²) in [6.45, 7) is -0.215. The number of carbonyl (C=O) groups is 1. The first-order chi connectivity index (χ1) is 10.2. The van der Waals surface area contributed by atoms with Gasteiger partial charge in [0.25, 0.3) is 0 Å². The van der Waals surface area contributed by atoms with Crippen LogP contribution in [0.25, 0.3) is 0 Å². The molecule has 0 N–H and O–H groups in total. The number of nitriles is 1. The van der Waals surface area contributed by atoms with Crippen molar-refractivity contribution in [3.05, 3.63) is 54.1 Å². The lowest BCUT2D eigenvalue weighted by Crippen LogP contribution is -2.17. The maximum Gasteiger partial charge on any atom is 0.349 e. The number of methoxy groups -OCH3 is 1. The number of esters is 1. The SMILES string of the molecule is COc1cccc(OCC(=O)Oc2ccc(C#N)cc2)c1. The molecule has 2 aromatic rings. The number of carbonyl (C=O) groups excluding carboxylic acids is 1. The van der Waals surface area contributed by atoms with E-state index in [4.69, 9.17) is 19.5 Å². The van der Waals surface area contributed by atoms with Gasteiger partial charge in [-0.25, -0.2) is 4.79 Å². The Morgan fingerprint density at radius 3 is 2.48 bits per heavy atom. The van der Waals surface area contributed by atoms with E-state index in [1.165, 1.54) is 0 Å². The van der Waals surface area contributed by atoms with Gasteiger partial charge in [-0.2, -0.15) is 5.26 Å². The molecule has 5 nitrogen and oxygen atoms in total. The zero-order valence-electron chi connectivity index (χ0n) is 11.4. The lowest BCUT2D eigenvalue weighted by molar-refractivity contribution is -0.136. The Morgan fingerprint density at radius 2 is 1.81 bits per heavy atom. The molecular weight excluding hydrogens is 270 g/mol. The highest BCUT2D eigenvalue weighted by Crippen LogP contribution is 2.19. The van der Waals surface area contributed by atoms with E-state index in [1.54, 1.807) is 55.6 Å². The van der Waals surface area contributed by atoms with Gasteiger partial charge >= 0.3 is 5.97 Å². The summed E-state index contributed by atoms with van der Waals surface area (Å²) in [4.78, 5) is 11.7. The van der Waals surface area contributed by atoms with Crippen LogP contribution in [0.2, 0.25) is 0 Å². The highest BCUT2D eigenvalue weighted by molar-refractivity contribution is 5.74. The molecule has 0 amide bonds. The second-order valence-corrected chi connectivity index (χ2v) is 4.08. The first-order valence-corrected chi connectivity index (χ1v) is 6.19. The molecule has 0 bridgehead atoms. The Labute approximate surface area is 122 Å². The molecule has 0 spiro atoms. The fourth-order valence-electron chi connectivity index (χ4n) is 1.59. The topological polar surface area (TPSA) is 68.6 Å². The van der Waals surface area contributed by atoms with Crippen LogP contribution in [0.5, 0.6) is 17.2 Å². The summed E-state index contributed by atoms with van der Waals surface area (Å²) in [5.41, 5.74) is 0.502. The molecule has 0 heterocycles. The van der Waals surface area contributed by atoms with Crippen LogP contribution in [0.3, 0.4) is 0 Å². The smallest absolute Gasteiger partial charge is 0.349 e. The summed E-state index contributed by atoms with van der Waals surface area (Å²) in [5.74, 6) is 1.01. The Morgan fingerprint density at radius 1 is 1.10 bits per heavy atom. The molecule has 0 radical (unpaired) electrons. The van der Waals surface area contributed by atoms with E-state index < -0.39 is 5.97 Å². The maximum atomic E-state index is 11.7. The average molecular weight is 283 g/mol. The van der Waals surface area contributed by atoms with E-state index in [2.05, 4.69) is 0 Å². The van der Waals surface area contributed by atoms with Crippen LogP contribution < -0.4 is 14.2 Å². The zero-order chi connectivity index (χ0) is 15.1. The third-order valence-corrected chi connectivity index (χ3v) is 2.61. The monoisotopic (exact) mass is 283 g/mol. The minimum absolute atomic E-state index is 0.215. The minimum atomic E-state index is -0.525. The fourth-order valence-corrected chi connectivity index (χ4v) is 1.59. The molecule has 0 atom stereocenters. The third-order valence-electron chi connectivity index (χ3n) is 2.61. The van der Waals surface area contributed by atoms with Gasteiger partial charge in [0.05, 0.1) is 18.7 Å². The quantitative estimate of drug-likeness (QED) is 0.623. The molecule has 2 rings (SSSR count). The molecule has 21 heavy (non-hydrogen) atoms. The molecule has 2 aromatic carbocycles. The normalized spacial score (nSPS) is 9.52. The second-order valence-electron chi connectivity index (χ2n) is 4.08. The Kier molecular flexibility index (Phi) is 4.78. The van der Waals surface area contributed by atoms with E-state index in [0.717, 1.165) is 0 Å². The van der Waals surface area contributed by atoms with Gasteiger partial charge < -0.3 is 14.2 Å². The van der Waals surface area contributed by atoms with Crippen molar-refractivity contribution in [3.8, 4) is 23.3 Å². The summed E-state index contributed by atoms with van der Waals surface area (Å²) in [6.07, 6.45) is 0. The third kappa shape index (κ3) is 4.25. The molecular formula is C16H13NO4. The molecule has 106 valence electrons. The number of benzene rings is 2. The zero-order valence-corrected chi connectivity index (χ0v) is 11.4. The number of hydrogen-bond donors (Lipinski definition) is 0. The van der Waals surface area contributed by atoms with Crippen molar-refractivity contribution in [2.75, 3.05) is 13.7 Å². The summed E-state index contributed by atoms with van der Waals surface area (Å²) in [7, 11) is 1.55. The van der Waals surface area contributed by atoms with Gasteiger partial charge in [-0.3, -0.25) is 0 Å². The Hall–Kier alpha value is -3.00. The van der Waals surface area contributed by atoms with Crippen molar-refractivity contribution in [3.63, 3.8) is 0 Å². The van der Waals surface area contributed by atoms with Crippen LogP contribution in [0, 0.1) is 11.3 Å². The average Bonchev–Trinajstić information content (AvgIpc) is 2.54. The van der Waals surface area contributed by atoms with Crippen molar-refractivity contribution in [1.29, 1.82) is 5.26 Å². The number of hydrogen-bond acceptors (Lipinski definition) is 5. The predicted molar refractivity (Wildman–Crippen MR) is 75.3 cm³/mol. The molecule has 0 aliphatic rings. The predicted octanol–water partition coefficient (Wildman–Crippen LogP) is 2.55. The van der Waals surface area contributed by atoms with Crippen molar-refractivity contribution >= 4 is 5.97 Å². The summed E-state index contributed by atoms with van der Waals surface area (Å²) in [6, 6.07) is 15.2. The van der Waals surface area contributed by atoms with E-state index in [1.807, 2.05) is 6.07 Å². The van der Waals surface area contributed by atoms with Crippen LogP contribution >= 0.6 is 0 Å². The largest absolute Gasteiger partial charge is 0.497 e. The van der Waals surface area contributed by atoms with Crippen LogP contribution in [0.1, 0.15) is 5.56 Å². The second kappa shape index (κ2) is 6.96. The number of nitrogens with zero attached hydrogens (tertiary/aromatic N) is 1. The highest BCUT2D eigenvalue weighted by atomic mass is 16.6. The van der Waals surface area contributed by atoms with Gasteiger partial charge in [0.15, 0.2) is 6.61 Å². The van der Waals surface area contributed by atoms with Gasteiger partial charge in [0.2, 0.25) is 0 Å². The number of rotatable bonds is 5. The molecule has 0 fully saturated rings. The number of ether oxygens (including phenoxy) is 3. The standard InChI is InChI=1S/C16H13NO4/c1-19-14-3-2-4-15(9-14)20-11-16(18)21-13-7-5-12(10-17)6-8-13/h2-9H,11H2,1H3. The maximum absolute atomic E-state index is 11.7. The van der Waals surface area contributed by atoms with Crippen molar-refractivity contribution < 1.29 is 19.0 Å². The summed E-state index contributed by atoms with van der Waals surface area (Å²) < 4.78 is 15.5. The van der Waals surface area contributed by atoms with E-state index in [0.29, 0.717) is 22.8 Å². The molecule has 5 heteroatoms. The molecule has 0 aliphatic carbocycles. The lowest BCUT2D eigenvalue weighted by atomic mass is 10.2. The van der Waals surface area contributed by atoms with Crippen LogP contribution in [0.15, 0.2) is 48.5 Å². The van der Waals surface area contributed by atoms with Crippen LogP contribution in [-0.4, -0.2) is 19.7 Å². The van der Waals surface area contributed by atoms with Gasteiger partial charge in [-0.15, -0.1) is 0 Å². The Balaban J connectivity index is 1.88. The van der Waals surface area contributed by atoms with Crippen molar-refractivity contribution in [1.82, 2.24) is 0 Å². The fraction of sp³-hybridized carbons (Fsp3) is 0.125. The van der Waals surface area contributed by atoms with Crippen molar-refractivity contribution in [2.45, 2.75) is 0 Å². The lowest BCUT2D eigenvalue weighted by Gasteiger charge is -2.07. The summed E-state index contributed by atoms with van der Waals surface area (Å²) >= 11 is 0. The first-order valence-electron chi connectivity index (χ1n) is 6.19. The van der Waals surface area contributed by atoms with Gasteiger partial charge in [0.1, 0.15) is 17.2 Å². The highest BCUT2D eigenvalue weighted by Gasteiger charge is 2.06. The van der Waals surface area contributed by atoms with Crippen LogP contribution in [-0.2, 0) is 4.79 Å². The first kappa shape index (κ1) is 14.4. The van der Waals surface area contributed by atoms with Gasteiger partial charge in [-0.05, 0) is 36.4 Å². The van der Waals surface area contributed by atoms with E-state index in [9.17, 15) is 4.79 Å².